The number of hydrogen-bond donors (Lipinski definition) is 1. The van der Waals surface area contributed by atoms with Crippen molar-refractivity contribution in [2.45, 2.75) is 26.2 Å². The molecule has 1 unspecified atom stereocenters. The van der Waals surface area contributed by atoms with E-state index in [0.29, 0.717) is 18.0 Å². The Hall–Kier alpha value is -1.47. The topological polar surface area (TPSA) is 75.5 Å². The summed E-state index contributed by atoms with van der Waals surface area (Å²) in [6.45, 7) is 5.45. The molecule has 1 saturated heterocycles. The second-order valence-electron chi connectivity index (χ2n) is 5.39. The third-order valence-electron chi connectivity index (χ3n) is 3.67. The molecule has 21 heavy (non-hydrogen) atoms. The van der Waals surface area contributed by atoms with E-state index >= 15 is 0 Å². The second kappa shape index (κ2) is 7.51. The number of amides is 1. The molecule has 1 aromatic rings. The first-order valence-corrected chi connectivity index (χ1v) is 8.22. The number of hydrogen-bond acceptors (Lipinski definition) is 5. The lowest BCUT2D eigenvalue weighted by Crippen LogP contribution is -2.41. The maximum absolute atomic E-state index is 12.5. The minimum atomic E-state index is -0.448. The number of nitro groups is 1. The third kappa shape index (κ3) is 4.25. The van der Waals surface area contributed by atoms with Gasteiger partial charge < -0.3 is 10.2 Å². The number of carbonyl (C=O) groups is 1. The van der Waals surface area contributed by atoms with Crippen LogP contribution in [0.4, 0.5) is 5.00 Å². The molecule has 0 radical (unpaired) electrons. The first-order chi connectivity index (χ1) is 10.1. The Morgan fingerprint density at radius 3 is 3.00 bits per heavy atom. The van der Waals surface area contributed by atoms with Crippen molar-refractivity contribution in [3.05, 3.63) is 27.1 Å². The highest BCUT2D eigenvalue weighted by Crippen LogP contribution is 2.24. The first-order valence-electron chi connectivity index (χ1n) is 7.34. The van der Waals surface area contributed by atoms with E-state index < -0.39 is 4.92 Å². The van der Waals surface area contributed by atoms with Gasteiger partial charge in [0, 0.05) is 24.5 Å². The Morgan fingerprint density at radius 2 is 2.43 bits per heavy atom. The lowest BCUT2D eigenvalue weighted by atomic mass is 9.99. The van der Waals surface area contributed by atoms with Crippen LogP contribution in [0.25, 0.3) is 0 Å². The van der Waals surface area contributed by atoms with Gasteiger partial charge in [-0.25, -0.2) is 0 Å². The van der Waals surface area contributed by atoms with Crippen LogP contribution < -0.4 is 5.32 Å². The van der Waals surface area contributed by atoms with E-state index in [1.165, 1.54) is 6.07 Å². The molecule has 0 saturated carbocycles. The second-order valence-corrected chi connectivity index (χ2v) is 6.28. The first kappa shape index (κ1) is 15.9. The minimum absolute atomic E-state index is 0.0223. The smallest absolute Gasteiger partial charge is 0.324 e. The number of piperidine rings is 1. The molecule has 0 spiro atoms. The highest BCUT2D eigenvalue weighted by Gasteiger charge is 2.23. The summed E-state index contributed by atoms with van der Waals surface area (Å²) in [6, 6.07) is 1.38. The molecule has 1 amide bonds. The maximum Gasteiger partial charge on any atom is 0.324 e. The number of nitrogens with one attached hydrogen (secondary N) is 1. The van der Waals surface area contributed by atoms with Gasteiger partial charge >= 0.3 is 5.00 Å². The molecule has 2 rings (SSSR count). The summed E-state index contributed by atoms with van der Waals surface area (Å²) < 4.78 is 0. The van der Waals surface area contributed by atoms with Gasteiger partial charge in [-0.05, 0) is 38.3 Å². The zero-order chi connectivity index (χ0) is 15.2. The van der Waals surface area contributed by atoms with Crippen LogP contribution in [0.3, 0.4) is 0 Å². The van der Waals surface area contributed by atoms with Crippen molar-refractivity contribution in [1.29, 1.82) is 0 Å². The van der Waals surface area contributed by atoms with Crippen molar-refractivity contribution < 1.29 is 9.72 Å². The molecule has 0 bridgehead atoms. The van der Waals surface area contributed by atoms with Gasteiger partial charge in [-0.15, -0.1) is 0 Å². The molecular formula is C14H21N3O3S. The standard InChI is InChI=1S/C14H21N3O3S/c1-2-6-16(9-11-4-3-5-15-8-11)14(18)12-7-13(17(19)20)21-10-12/h7,10-11,15H,2-6,8-9H2,1H3. The van der Waals surface area contributed by atoms with Crippen LogP contribution in [-0.2, 0) is 0 Å². The normalized spacial score (nSPS) is 18.4. The minimum Gasteiger partial charge on any atom is -0.338 e. The third-order valence-corrected chi connectivity index (χ3v) is 4.55. The summed E-state index contributed by atoms with van der Waals surface area (Å²) in [4.78, 5) is 24.7. The van der Waals surface area contributed by atoms with Gasteiger partial charge in [-0.1, -0.05) is 18.3 Å². The van der Waals surface area contributed by atoms with E-state index in [-0.39, 0.29) is 10.9 Å². The van der Waals surface area contributed by atoms with Crippen molar-refractivity contribution in [1.82, 2.24) is 10.2 Å². The summed E-state index contributed by atoms with van der Waals surface area (Å²) in [7, 11) is 0. The summed E-state index contributed by atoms with van der Waals surface area (Å²) in [5.74, 6) is 0.384. The molecule has 1 N–H and O–H groups in total. The van der Waals surface area contributed by atoms with Crippen LogP contribution in [0.5, 0.6) is 0 Å². The fourth-order valence-electron chi connectivity index (χ4n) is 2.65. The highest BCUT2D eigenvalue weighted by molar-refractivity contribution is 7.13. The maximum atomic E-state index is 12.5. The molecule has 0 aliphatic carbocycles. The van der Waals surface area contributed by atoms with Crippen molar-refractivity contribution in [2.24, 2.45) is 5.92 Å². The van der Waals surface area contributed by atoms with Gasteiger partial charge in [-0.2, -0.15) is 0 Å². The van der Waals surface area contributed by atoms with Crippen molar-refractivity contribution in [3.8, 4) is 0 Å². The van der Waals surface area contributed by atoms with Gasteiger partial charge in [-0.3, -0.25) is 14.9 Å². The summed E-state index contributed by atoms with van der Waals surface area (Å²) >= 11 is 1.01. The van der Waals surface area contributed by atoms with Gasteiger partial charge in [0.2, 0.25) is 0 Å². The summed E-state index contributed by atoms with van der Waals surface area (Å²) in [5.41, 5.74) is 0.434. The van der Waals surface area contributed by atoms with Gasteiger partial charge in [0.05, 0.1) is 10.5 Å². The molecule has 1 aliphatic heterocycles. The van der Waals surface area contributed by atoms with Crippen LogP contribution in [0.15, 0.2) is 11.4 Å². The van der Waals surface area contributed by atoms with Gasteiger partial charge in [0.15, 0.2) is 0 Å². The fourth-order valence-corrected chi connectivity index (χ4v) is 3.35. The van der Waals surface area contributed by atoms with Crippen LogP contribution in [0.2, 0.25) is 0 Å². The van der Waals surface area contributed by atoms with Crippen LogP contribution in [-0.4, -0.2) is 41.9 Å². The molecule has 1 aromatic heterocycles. The zero-order valence-electron chi connectivity index (χ0n) is 12.2. The van der Waals surface area contributed by atoms with Crippen LogP contribution in [0.1, 0.15) is 36.5 Å². The summed E-state index contributed by atoms with van der Waals surface area (Å²) in [6.07, 6.45) is 3.16. The molecule has 1 aliphatic rings. The molecule has 1 atom stereocenters. The Morgan fingerprint density at radius 1 is 1.62 bits per heavy atom. The molecule has 7 heteroatoms. The number of nitrogens with zero attached hydrogens (tertiary/aromatic N) is 2. The lowest BCUT2D eigenvalue weighted by molar-refractivity contribution is -0.380. The van der Waals surface area contributed by atoms with Gasteiger partial charge in [0.25, 0.3) is 5.91 Å². The lowest BCUT2D eigenvalue weighted by Gasteiger charge is -2.30. The average molecular weight is 311 g/mol. The predicted molar refractivity (Wildman–Crippen MR) is 82.8 cm³/mol. The molecule has 1 fully saturated rings. The van der Waals surface area contributed by atoms with Crippen LogP contribution >= 0.6 is 11.3 Å². The highest BCUT2D eigenvalue weighted by atomic mass is 32.1. The van der Waals surface area contributed by atoms with E-state index in [4.69, 9.17) is 0 Å². The van der Waals surface area contributed by atoms with E-state index in [1.807, 2.05) is 11.8 Å². The predicted octanol–water partition coefficient (Wildman–Crippen LogP) is 2.51. The Balaban J connectivity index is 2.04. The van der Waals surface area contributed by atoms with Gasteiger partial charge in [0.1, 0.15) is 0 Å². The molecule has 116 valence electrons. The Bertz CT molecular complexity index is 497. The largest absolute Gasteiger partial charge is 0.338 e. The van der Waals surface area contributed by atoms with E-state index in [1.54, 1.807) is 5.38 Å². The fraction of sp³-hybridized carbons (Fsp3) is 0.643. The zero-order valence-corrected chi connectivity index (χ0v) is 13.0. The molecule has 0 aromatic carbocycles. The number of carbonyl (C=O) groups excluding carboxylic acids is 1. The van der Waals surface area contributed by atoms with Crippen molar-refractivity contribution >= 4 is 22.2 Å². The molecule has 2 heterocycles. The molecule has 6 nitrogen and oxygen atoms in total. The van der Waals surface area contributed by atoms with E-state index in [2.05, 4.69) is 5.32 Å². The quantitative estimate of drug-likeness (QED) is 0.647. The van der Waals surface area contributed by atoms with Crippen molar-refractivity contribution in [2.75, 3.05) is 26.2 Å². The average Bonchev–Trinajstić information content (AvgIpc) is 2.97. The Labute approximate surface area is 128 Å². The molecular weight excluding hydrogens is 290 g/mol. The number of thiophene rings is 1. The van der Waals surface area contributed by atoms with E-state index in [9.17, 15) is 14.9 Å². The summed E-state index contributed by atoms with van der Waals surface area (Å²) in [5, 5.41) is 15.7. The monoisotopic (exact) mass is 311 g/mol. The van der Waals surface area contributed by atoms with E-state index in [0.717, 1.165) is 50.2 Å². The SMILES string of the molecule is CCCN(CC1CCCNC1)C(=O)c1csc([N+](=O)[O-])c1. The Kier molecular flexibility index (Phi) is 5.69. The number of rotatable bonds is 6. The van der Waals surface area contributed by atoms with Crippen molar-refractivity contribution in [3.63, 3.8) is 0 Å². The van der Waals surface area contributed by atoms with Crippen LogP contribution in [0, 0.1) is 16.0 Å².